The van der Waals surface area contributed by atoms with E-state index < -0.39 is 35.9 Å². The molecule has 4 amide bonds. The van der Waals surface area contributed by atoms with Gasteiger partial charge >= 0.3 is 0 Å². The van der Waals surface area contributed by atoms with Crippen LogP contribution >= 0.6 is 11.3 Å². The number of nitrogens with two attached hydrogens (primary N) is 2. The maximum atomic E-state index is 13.3. The van der Waals surface area contributed by atoms with E-state index in [0.717, 1.165) is 64.0 Å². The first-order valence-corrected chi connectivity index (χ1v) is 24.1. The number of benzene rings is 2. The Hall–Kier alpha value is -6.14. The van der Waals surface area contributed by atoms with Crippen LogP contribution in [-0.4, -0.2) is 148 Å². The first kappa shape index (κ1) is 50.7. The summed E-state index contributed by atoms with van der Waals surface area (Å²) in [5, 5.41) is 31.4. The van der Waals surface area contributed by atoms with Gasteiger partial charge in [-0.1, -0.05) is 43.2 Å². The molecule has 1 saturated carbocycles. The number of carbonyl (C=O) groups excluding carboxylic acids is 4. The Morgan fingerprint density at radius 3 is 2.36 bits per heavy atom. The lowest BCUT2D eigenvalue weighted by molar-refractivity contribution is -0.141. The van der Waals surface area contributed by atoms with Gasteiger partial charge in [-0.3, -0.25) is 19.2 Å². The van der Waals surface area contributed by atoms with E-state index in [2.05, 4.69) is 46.0 Å². The molecule has 1 aliphatic heterocycles. The van der Waals surface area contributed by atoms with Gasteiger partial charge < -0.3 is 66.3 Å². The summed E-state index contributed by atoms with van der Waals surface area (Å²) in [6.45, 7) is 6.31. The molecule has 9 N–H and O–H groups in total. The maximum Gasteiger partial charge on any atom is 0.273 e. The van der Waals surface area contributed by atoms with Gasteiger partial charge in [0, 0.05) is 55.4 Å². The molecule has 3 aromatic heterocycles. The van der Waals surface area contributed by atoms with Crippen molar-refractivity contribution in [2.24, 2.45) is 11.5 Å². The van der Waals surface area contributed by atoms with Gasteiger partial charge in [0.25, 0.3) is 5.91 Å². The van der Waals surface area contributed by atoms with Crippen LogP contribution < -0.4 is 32.7 Å². The summed E-state index contributed by atoms with van der Waals surface area (Å²) in [4.78, 5) is 62.5. The number of likely N-dealkylation sites (tertiary alicyclic amines) is 1. The third-order valence-electron chi connectivity index (χ3n) is 12.0. The van der Waals surface area contributed by atoms with E-state index >= 15 is 0 Å². The fourth-order valence-corrected chi connectivity index (χ4v) is 9.16. The number of nitrogens with zero attached hydrogens (tertiary/aromatic N) is 6. The smallest absolute Gasteiger partial charge is 0.273 e. The molecule has 1 saturated heterocycles. The first-order valence-electron chi connectivity index (χ1n) is 23.2. The summed E-state index contributed by atoms with van der Waals surface area (Å²) in [6, 6.07) is 13.8. The van der Waals surface area contributed by atoms with Crippen molar-refractivity contribution in [1.82, 2.24) is 40.3 Å². The Labute approximate surface area is 404 Å². The largest absolute Gasteiger partial charge is 0.391 e. The predicted molar refractivity (Wildman–Crippen MR) is 259 cm³/mol. The first-order chi connectivity index (χ1) is 33.4. The average Bonchev–Trinajstić information content (AvgIpc) is 4.08. The van der Waals surface area contributed by atoms with Crippen molar-refractivity contribution in [2.75, 3.05) is 70.0 Å². The number of β-amino-alcohol motifs (C(OH)–C–C–N with tert-alkyl or cyclic N) is 1. The average molecular weight is 971 g/mol. The highest BCUT2D eigenvalue weighted by molar-refractivity contribution is 7.13. The number of thiazole rings is 1. The number of fused-ring (bicyclic) bond motifs is 1. The number of aryl methyl sites for hydroxylation is 1. The second-order valence-corrected chi connectivity index (χ2v) is 17.9. The maximum absolute atomic E-state index is 13.3. The molecule has 4 heterocycles. The Kier molecular flexibility index (Phi) is 18.3. The third kappa shape index (κ3) is 14.0. The van der Waals surface area contributed by atoms with Crippen LogP contribution in [0.15, 0.2) is 60.2 Å². The molecule has 5 aromatic rings. The summed E-state index contributed by atoms with van der Waals surface area (Å²) in [5.41, 5.74) is 18.2. The number of anilines is 3. The number of aliphatic hydroxyl groups excluding tert-OH is 1. The van der Waals surface area contributed by atoms with Crippen molar-refractivity contribution in [3.8, 4) is 10.4 Å². The van der Waals surface area contributed by atoms with Gasteiger partial charge in [-0.15, -0.1) is 21.5 Å². The van der Waals surface area contributed by atoms with Crippen molar-refractivity contribution in [3.05, 3.63) is 77.2 Å². The Morgan fingerprint density at radius 2 is 1.65 bits per heavy atom. The van der Waals surface area contributed by atoms with Gasteiger partial charge in [0.05, 0.1) is 74.0 Å². The number of nitrogens with one attached hydrogen (secondary N) is 4. The van der Waals surface area contributed by atoms with Crippen LogP contribution in [-0.2, 0) is 46.4 Å². The van der Waals surface area contributed by atoms with Crippen molar-refractivity contribution in [2.45, 2.75) is 89.3 Å². The number of carbonyl (C=O) groups is 4. The van der Waals surface area contributed by atoms with Gasteiger partial charge in [-0.05, 0) is 56.0 Å². The minimum Gasteiger partial charge on any atom is -0.391 e. The highest BCUT2D eigenvalue weighted by atomic mass is 32.1. The molecule has 0 radical (unpaired) electrons. The van der Waals surface area contributed by atoms with Crippen molar-refractivity contribution < 1.29 is 43.2 Å². The summed E-state index contributed by atoms with van der Waals surface area (Å²) < 4.78 is 24.5. The minimum absolute atomic E-state index is 0.0114. The molecule has 7 rings (SSSR count). The molecular formula is C47H62N12O9S. The molecule has 2 aliphatic rings. The normalized spacial score (nSPS) is 18.5. The number of ether oxygens (including phenoxy) is 4. The fourth-order valence-electron chi connectivity index (χ4n) is 8.35. The van der Waals surface area contributed by atoms with Gasteiger partial charge in [0.15, 0.2) is 11.5 Å². The molecule has 0 spiro atoms. The van der Waals surface area contributed by atoms with Crippen molar-refractivity contribution in [3.63, 3.8) is 0 Å². The fraction of sp³-hybridized carbons (Fsp3) is 0.489. The summed E-state index contributed by atoms with van der Waals surface area (Å²) >= 11 is 1.57. The third-order valence-corrected chi connectivity index (χ3v) is 13.0. The summed E-state index contributed by atoms with van der Waals surface area (Å²) in [5.74, 6) is -1.62. The number of primary amides is 1. The minimum atomic E-state index is -0.939. The van der Waals surface area contributed by atoms with E-state index in [-0.39, 0.29) is 74.8 Å². The highest BCUT2D eigenvalue weighted by Gasteiger charge is 2.40. The molecule has 2 fully saturated rings. The Morgan fingerprint density at radius 1 is 0.928 bits per heavy atom. The number of aromatic nitrogens is 5. The van der Waals surface area contributed by atoms with Crippen molar-refractivity contribution in [1.29, 1.82) is 0 Å². The van der Waals surface area contributed by atoms with Crippen LogP contribution in [0.5, 0.6) is 0 Å². The molecule has 0 unspecified atom stereocenters. The van der Waals surface area contributed by atoms with E-state index in [1.165, 1.54) is 11.8 Å². The van der Waals surface area contributed by atoms with Crippen LogP contribution in [0, 0.1) is 6.92 Å². The lowest BCUT2D eigenvalue weighted by Gasteiger charge is -2.29. The molecule has 22 heteroatoms. The topological polar surface area (TPSA) is 285 Å². The van der Waals surface area contributed by atoms with Crippen LogP contribution in [0.25, 0.3) is 21.3 Å². The van der Waals surface area contributed by atoms with Gasteiger partial charge in [0.2, 0.25) is 23.7 Å². The SMILES string of the molecule is Cc1ncsc1-c1ccc(CNC(=O)[C@@H]2C[C@@H](O)CN2C(=O)[C@H](C)NC(=O)COCCOCCOCCOCCn2ccc3c(Nc4nc(N[C@@H]5CCCC[C@@H]5N)nnc4C(N)=O)cccc32)cc1. The summed E-state index contributed by atoms with van der Waals surface area (Å²) in [7, 11) is 0. The highest BCUT2D eigenvalue weighted by Crippen LogP contribution is 2.30. The monoisotopic (exact) mass is 970 g/mol. The van der Waals surface area contributed by atoms with Gasteiger partial charge in [0.1, 0.15) is 18.7 Å². The number of rotatable bonds is 25. The molecule has 69 heavy (non-hydrogen) atoms. The van der Waals surface area contributed by atoms with Crippen molar-refractivity contribution >= 4 is 63.3 Å². The molecule has 2 aromatic carbocycles. The van der Waals surface area contributed by atoms with Crippen LogP contribution in [0.2, 0.25) is 0 Å². The molecule has 0 bridgehead atoms. The summed E-state index contributed by atoms with van der Waals surface area (Å²) in [6.07, 6.45) is 5.16. The number of aliphatic hydroxyl groups is 1. The molecule has 21 nitrogen and oxygen atoms in total. The standard InChI is InChI=1S/C47H62N12O9S/c1-29-42(69-28-51-29)32-12-10-31(11-13-32)25-50-45(63)39-24-33(60)26-59(39)46(64)30(2)52-40(61)27-68-23-22-67-21-20-66-19-18-65-17-16-58-15-14-34-36(8-5-9-38(34)58)53-44-41(43(49)62)56-57-47(55-44)54-37-7-4-3-6-35(37)48/h5,8-15,28,30,33,35,37,39,60H,3-4,6-7,16-27,48H2,1-2H3,(H2,49,62)(H,50,63)(H,52,61)(H2,53,54,55,57)/t30-,33+,35-,37+,39-/m0/s1. The van der Waals surface area contributed by atoms with Crippen LogP contribution in [0.3, 0.4) is 0 Å². The molecule has 1 aliphatic carbocycles. The lowest BCUT2D eigenvalue weighted by atomic mass is 9.91. The van der Waals surface area contributed by atoms with E-state index in [9.17, 15) is 24.3 Å². The van der Waals surface area contributed by atoms with Crippen LogP contribution in [0.4, 0.5) is 17.5 Å². The second kappa shape index (κ2) is 24.9. The zero-order chi connectivity index (χ0) is 48.7. The Balaban J connectivity index is 0.729. The number of amides is 4. The molecular weight excluding hydrogens is 909 g/mol. The number of hydrogen-bond donors (Lipinski definition) is 7. The van der Waals surface area contributed by atoms with Gasteiger partial charge in [-0.25, -0.2) is 4.98 Å². The lowest BCUT2D eigenvalue weighted by Crippen LogP contribution is -2.53. The van der Waals surface area contributed by atoms with Crippen LogP contribution in [0.1, 0.15) is 60.8 Å². The van der Waals surface area contributed by atoms with E-state index in [1.54, 1.807) is 16.8 Å². The quantitative estimate of drug-likeness (QED) is 0.0414. The number of hydrogen-bond acceptors (Lipinski definition) is 17. The zero-order valence-electron chi connectivity index (χ0n) is 38.9. The molecule has 5 atom stereocenters. The van der Waals surface area contributed by atoms with Gasteiger partial charge in [-0.2, -0.15) is 4.98 Å². The second-order valence-electron chi connectivity index (χ2n) is 17.0. The zero-order valence-corrected chi connectivity index (χ0v) is 39.7. The van der Waals surface area contributed by atoms with E-state index in [4.69, 9.17) is 30.4 Å². The Bertz CT molecular complexity index is 2510. The van der Waals surface area contributed by atoms with E-state index in [1.807, 2.05) is 61.7 Å². The predicted octanol–water partition coefficient (Wildman–Crippen LogP) is 2.63. The van der Waals surface area contributed by atoms with E-state index in [0.29, 0.717) is 39.6 Å². The molecule has 370 valence electrons.